The first-order valence-electron chi connectivity index (χ1n) is 4.16. The van der Waals surface area contributed by atoms with E-state index in [2.05, 4.69) is 19.2 Å². The van der Waals surface area contributed by atoms with Crippen molar-refractivity contribution in [1.82, 2.24) is 5.32 Å². The number of nitrogens with one attached hydrogen (secondary N) is 1. The molecule has 3 fully saturated rings. The van der Waals surface area contributed by atoms with Crippen LogP contribution in [0.3, 0.4) is 0 Å². The molecule has 0 aliphatic carbocycles. The van der Waals surface area contributed by atoms with Crippen LogP contribution < -0.4 is 5.32 Å². The Hall–Kier alpha value is -0.0800. The molecule has 3 aliphatic heterocycles. The van der Waals surface area contributed by atoms with Crippen molar-refractivity contribution >= 4 is 0 Å². The summed E-state index contributed by atoms with van der Waals surface area (Å²) in [7, 11) is 0. The Bertz CT molecular complexity index is 126. The Morgan fingerprint density at radius 2 is 2.20 bits per heavy atom. The molecule has 3 atom stereocenters. The number of ether oxygens (including phenoxy) is 1. The van der Waals surface area contributed by atoms with Crippen molar-refractivity contribution in [3.05, 3.63) is 0 Å². The number of piperidine rings is 1. The molecular weight excluding hydrogens is 126 g/mol. The Labute approximate surface area is 61.9 Å². The average Bonchev–Trinajstić information content (AvgIpc) is 1.86. The smallest absolute Gasteiger partial charge is 0.0760 e. The SMILES string of the molecule is CC(C)C1NCC2CC1O2. The van der Waals surface area contributed by atoms with Crippen LogP contribution >= 0.6 is 0 Å². The molecule has 3 heterocycles. The summed E-state index contributed by atoms with van der Waals surface area (Å²) in [4.78, 5) is 0. The van der Waals surface area contributed by atoms with Gasteiger partial charge in [0.1, 0.15) is 0 Å². The van der Waals surface area contributed by atoms with E-state index >= 15 is 0 Å². The summed E-state index contributed by atoms with van der Waals surface area (Å²) in [5.74, 6) is 0.714. The fourth-order valence-corrected chi connectivity index (χ4v) is 1.92. The minimum Gasteiger partial charge on any atom is -0.372 e. The Balaban J connectivity index is 1.96. The summed E-state index contributed by atoms with van der Waals surface area (Å²) >= 11 is 0. The molecule has 3 saturated heterocycles. The van der Waals surface area contributed by atoms with Crippen LogP contribution in [-0.4, -0.2) is 24.8 Å². The first kappa shape index (κ1) is 6.62. The van der Waals surface area contributed by atoms with Crippen LogP contribution in [-0.2, 0) is 4.74 Å². The van der Waals surface area contributed by atoms with E-state index in [1.165, 1.54) is 6.42 Å². The van der Waals surface area contributed by atoms with Gasteiger partial charge in [0.25, 0.3) is 0 Å². The molecule has 0 amide bonds. The third-order valence-electron chi connectivity index (χ3n) is 2.56. The van der Waals surface area contributed by atoms with Gasteiger partial charge in [-0.2, -0.15) is 0 Å². The average molecular weight is 141 g/mol. The zero-order chi connectivity index (χ0) is 7.14. The molecular formula is C8H15NO. The van der Waals surface area contributed by atoms with E-state index in [0.29, 0.717) is 24.2 Å². The molecule has 0 aromatic carbocycles. The highest BCUT2D eigenvalue weighted by Crippen LogP contribution is 2.30. The minimum absolute atomic E-state index is 0.527. The molecule has 10 heavy (non-hydrogen) atoms. The van der Waals surface area contributed by atoms with Crippen molar-refractivity contribution in [3.63, 3.8) is 0 Å². The van der Waals surface area contributed by atoms with Gasteiger partial charge in [0.2, 0.25) is 0 Å². The molecule has 0 radical (unpaired) electrons. The van der Waals surface area contributed by atoms with E-state index in [4.69, 9.17) is 4.74 Å². The van der Waals surface area contributed by atoms with Gasteiger partial charge in [-0.3, -0.25) is 0 Å². The van der Waals surface area contributed by atoms with Gasteiger partial charge in [0.15, 0.2) is 0 Å². The number of fused-ring (bicyclic) bond motifs is 2. The van der Waals surface area contributed by atoms with Crippen LogP contribution in [0.5, 0.6) is 0 Å². The normalized spacial score (nSPS) is 45.3. The topological polar surface area (TPSA) is 21.3 Å². The van der Waals surface area contributed by atoms with E-state index in [-0.39, 0.29) is 0 Å². The molecule has 2 heteroatoms. The van der Waals surface area contributed by atoms with Crippen LogP contribution in [0.4, 0.5) is 0 Å². The van der Waals surface area contributed by atoms with Crippen molar-refractivity contribution in [2.24, 2.45) is 5.92 Å². The second kappa shape index (κ2) is 2.21. The van der Waals surface area contributed by atoms with Gasteiger partial charge in [-0.05, 0) is 5.92 Å². The maximum absolute atomic E-state index is 5.59. The minimum atomic E-state index is 0.527. The van der Waals surface area contributed by atoms with Gasteiger partial charge in [0, 0.05) is 19.0 Å². The molecule has 3 aliphatic rings. The number of rotatable bonds is 1. The summed E-state index contributed by atoms with van der Waals surface area (Å²) in [5, 5.41) is 3.49. The molecule has 0 spiro atoms. The fraction of sp³-hybridized carbons (Fsp3) is 1.00. The zero-order valence-electron chi connectivity index (χ0n) is 6.63. The third-order valence-corrected chi connectivity index (χ3v) is 2.56. The lowest BCUT2D eigenvalue weighted by atomic mass is 9.86. The highest BCUT2D eigenvalue weighted by Gasteiger charge is 2.41. The largest absolute Gasteiger partial charge is 0.372 e. The van der Waals surface area contributed by atoms with Gasteiger partial charge >= 0.3 is 0 Å². The molecule has 2 bridgehead atoms. The quantitative estimate of drug-likeness (QED) is 0.582. The third kappa shape index (κ3) is 0.867. The monoisotopic (exact) mass is 141 g/mol. The van der Waals surface area contributed by atoms with Crippen LogP contribution in [0, 0.1) is 5.92 Å². The Morgan fingerprint density at radius 1 is 1.50 bits per heavy atom. The summed E-state index contributed by atoms with van der Waals surface area (Å²) in [6.45, 7) is 5.57. The van der Waals surface area contributed by atoms with E-state index in [9.17, 15) is 0 Å². The van der Waals surface area contributed by atoms with Gasteiger partial charge in [0.05, 0.1) is 12.2 Å². The highest BCUT2D eigenvalue weighted by atomic mass is 16.5. The summed E-state index contributed by atoms with van der Waals surface area (Å²) < 4.78 is 5.59. The number of morpholine rings is 1. The standard InChI is InChI=1S/C8H15NO/c1-5(2)8-7-3-6(10-7)4-9-8/h5-9H,3-4H2,1-2H3. The number of hydrogen-bond acceptors (Lipinski definition) is 2. The van der Waals surface area contributed by atoms with E-state index < -0.39 is 0 Å². The molecule has 1 N–H and O–H groups in total. The molecule has 2 nitrogen and oxygen atoms in total. The lowest BCUT2D eigenvalue weighted by molar-refractivity contribution is -0.172. The van der Waals surface area contributed by atoms with Crippen molar-refractivity contribution < 1.29 is 4.74 Å². The predicted molar refractivity (Wildman–Crippen MR) is 39.9 cm³/mol. The maximum Gasteiger partial charge on any atom is 0.0760 e. The van der Waals surface area contributed by atoms with E-state index in [0.717, 1.165) is 6.54 Å². The lowest BCUT2D eigenvalue weighted by Gasteiger charge is -2.48. The fourth-order valence-electron chi connectivity index (χ4n) is 1.92. The summed E-state index contributed by atoms with van der Waals surface area (Å²) in [6.07, 6.45) is 2.36. The molecule has 0 aromatic heterocycles. The van der Waals surface area contributed by atoms with Crippen LogP contribution in [0.1, 0.15) is 20.3 Å². The summed E-state index contributed by atoms with van der Waals surface area (Å²) in [6, 6.07) is 0.616. The zero-order valence-corrected chi connectivity index (χ0v) is 6.63. The van der Waals surface area contributed by atoms with Crippen molar-refractivity contribution in [1.29, 1.82) is 0 Å². The Kier molecular flexibility index (Phi) is 1.46. The summed E-state index contributed by atoms with van der Waals surface area (Å²) in [5.41, 5.74) is 0. The van der Waals surface area contributed by atoms with Crippen LogP contribution in [0.25, 0.3) is 0 Å². The molecule has 3 rings (SSSR count). The second-order valence-electron chi connectivity index (χ2n) is 3.71. The maximum atomic E-state index is 5.59. The van der Waals surface area contributed by atoms with Crippen molar-refractivity contribution in [3.8, 4) is 0 Å². The molecule has 58 valence electrons. The van der Waals surface area contributed by atoms with E-state index in [1.54, 1.807) is 0 Å². The molecule has 3 unspecified atom stereocenters. The molecule has 0 saturated carbocycles. The van der Waals surface area contributed by atoms with Gasteiger partial charge in [-0.15, -0.1) is 0 Å². The Morgan fingerprint density at radius 3 is 2.50 bits per heavy atom. The first-order chi connectivity index (χ1) is 4.77. The van der Waals surface area contributed by atoms with Crippen LogP contribution in [0.15, 0.2) is 0 Å². The lowest BCUT2D eigenvalue weighted by Crippen LogP contribution is -2.63. The van der Waals surface area contributed by atoms with Crippen molar-refractivity contribution in [2.45, 2.75) is 38.5 Å². The number of hydrogen-bond donors (Lipinski definition) is 1. The van der Waals surface area contributed by atoms with Gasteiger partial charge in [-0.1, -0.05) is 13.8 Å². The van der Waals surface area contributed by atoms with E-state index in [1.807, 2.05) is 0 Å². The first-order valence-corrected chi connectivity index (χ1v) is 4.16. The van der Waals surface area contributed by atoms with Crippen molar-refractivity contribution in [2.75, 3.05) is 6.54 Å². The molecule has 0 aromatic rings. The van der Waals surface area contributed by atoms with Crippen LogP contribution in [0.2, 0.25) is 0 Å². The highest BCUT2D eigenvalue weighted by molar-refractivity contribution is 4.95. The van der Waals surface area contributed by atoms with Gasteiger partial charge in [-0.25, -0.2) is 0 Å². The predicted octanol–water partition coefficient (Wildman–Crippen LogP) is 0.772. The second-order valence-corrected chi connectivity index (χ2v) is 3.71. The van der Waals surface area contributed by atoms with Gasteiger partial charge < -0.3 is 10.1 Å².